The highest BCUT2D eigenvalue weighted by Gasteiger charge is 2.38. The van der Waals surface area contributed by atoms with Crippen molar-refractivity contribution in [1.29, 1.82) is 0 Å². The number of hydrogen-bond donors (Lipinski definition) is 1. The first-order chi connectivity index (χ1) is 7.34. The fourth-order valence-corrected chi connectivity index (χ4v) is 3.03. The summed E-state index contributed by atoms with van der Waals surface area (Å²) in [4.78, 5) is 18.0. The molecule has 2 saturated heterocycles. The minimum atomic E-state index is 0. The van der Waals surface area contributed by atoms with Gasteiger partial charge < -0.3 is 10.2 Å². The molecule has 17 heavy (non-hydrogen) atoms. The summed E-state index contributed by atoms with van der Waals surface area (Å²) in [5.41, 5.74) is 2.32. The Hall–Kier alpha value is -0.360. The van der Waals surface area contributed by atoms with Gasteiger partial charge >= 0.3 is 0 Å². The van der Waals surface area contributed by atoms with Gasteiger partial charge in [0.25, 0.3) is 5.91 Å². The highest BCUT2D eigenvalue weighted by Crippen LogP contribution is 2.27. The molecule has 0 aromatic carbocycles. The Morgan fingerprint density at radius 3 is 2.53 bits per heavy atom. The molecule has 0 radical (unpaired) electrons. The van der Waals surface area contributed by atoms with E-state index in [9.17, 15) is 4.79 Å². The molecular weight excluding hydrogens is 281 g/mol. The van der Waals surface area contributed by atoms with Crippen LogP contribution in [0, 0.1) is 11.8 Å². The number of halogens is 2. The molecule has 3 heterocycles. The Morgan fingerprint density at radius 1 is 1.35 bits per heavy atom. The Labute approximate surface area is 117 Å². The number of aromatic nitrogens is 1. The SMILES string of the molecule is Cl.Cl.O=C(c1cscn1)N1C[C@H]2CNC[C@H]2C1. The fourth-order valence-electron chi connectivity index (χ4n) is 2.50. The van der Waals surface area contributed by atoms with Gasteiger partial charge in [0.1, 0.15) is 5.69 Å². The molecule has 1 aromatic rings. The van der Waals surface area contributed by atoms with E-state index >= 15 is 0 Å². The zero-order valence-electron chi connectivity index (χ0n) is 9.17. The van der Waals surface area contributed by atoms with Crippen LogP contribution in [-0.2, 0) is 0 Å². The first-order valence-electron chi connectivity index (χ1n) is 5.23. The van der Waals surface area contributed by atoms with Gasteiger partial charge in [0.2, 0.25) is 0 Å². The molecule has 96 valence electrons. The smallest absolute Gasteiger partial charge is 0.273 e. The van der Waals surface area contributed by atoms with Crippen LogP contribution in [0.25, 0.3) is 0 Å². The van der Waals surface area contributed by atoms with E-state index in [0.29, 0.717) is 17.5 Å². The van der Waals surface area contributed by atoms with Crippen LogP contribution in [0.2, 0.25) is 0 Å². The van der Waals surface area contributed by atoms with Crippen molar-refractivity contribution in [2.45, 2.75) is 0 Å². The predicted molar refractivity (Wildman–Crippen MR) is 72.4 cm³/mol. The van der Waals surface area contributed by atoms with Gasteiger partial charge in [0, 0.05) is 31.6 Å². The number of likely N-dealkylation sites (tertiary alicyclic amines) is 1. The van der Waals surface area contributed by atoms with Gasteiger partial charge in [-0.15, -0.1) is 36.2 Å². The first-order valence-corrected chi connectivity index (χ1v) is 6.17. The highest BCUT2D eigenvalue weighted by atomic mass is 35.5. The van der Waals surface area contributed by atoms with Gasteiger partial charge in [0.15, 0.2) is 0 Å². The third kappa shape index (κ3) is 2.73. The maximum atomic E-state index is 12.0. The maximum Gasteiger partial charge on any atom is 0.273 e. The van der Waals surface area contributed by atoms with E-state index in [1.54, 1.807) is 5.51 Å². The monoisotopic (exact) mass is 295 g/mol. The molecule has 1 amide bonds. The topological polar surface area (TPSA) is 45.2 Å². The lowest BCUT2D eigenvalue weighted by Crippen LogP contribution is -2.32. The standard InChI is InChI=1S/C10H13N3OS.2ClH/c14-10(9-5-15-6-12-9)13-3-7-1-11-2-8(7)4-13;;/h5-8,11H,1-4H2;2*1H/t7-,8+;;. The molecule has 0 saturated carbocycles. The fraction of sp³-hybridized carbons (Fsp3) is 0.600. The van der Waals surface area contributed by atoms with Crippen LogP contribution in [-0.4, -0.2) is 42.0 Å². The van der Waals surface area contributed by atoms with Gasteiger partial charge in [-0.1, -0.05) is 0 Å². The average molecular weight is 296 g/mol. The molecule has 0 aliphatic carbocycles. The van der Waals surface area contributed by atoms with E-state index < -0.39 is 0 Å². The molecule has 0 spiro atoms. The minimum Gasteiger partial charge on any atom is -0.337 e. The van der Waals surface area contributed by atoms with E-state index in [0.717, 1.165) is 26.2 Å². The van der Waals surface area contributed by atoms with Gasteiger partial charge in [-0.3, -0.25) is 4.79 Å². The van der Waals surface area contributed by atoms with Gasteiger partial charge in [0.05, 0.1) is 5.51 Å². The van der Waals surface area contributed by atoms with E-state index in [1.807, 2.05) is 10.3 Å². The first kappa shape index (κ1) is 14.7. The van der Waals surface area contributed by atoms with Gasteiger partial charge in [-0.2, -0.15) is 0 Å². The van der Waals surface area contributed by atoms with Crippen LogP contribution in [0.1, 0.15) is 10.5 Å². The number of nitrogens with one attached hydrogen (secondary N) is 1. The van der Waals surface area contributed by atoms with Crippen molar-refractivity contribution >= 4 is 42.1 Å². The second kappa shape index (κ2) is 6.00. The average Bonchev–Trinajstić information content (AvgIpc) is 2.92. The lowest BCUT2D eigenvalue weighted by Gasteiger charge is -2.15. The Bertz CT molecular complexity index is 362. The van der Waals surface area contributed by atoms with Crippen molar-refractivity contribution < 1.29 is 4.79 Å². The molecule has 0 bridgehead atoms. The number of rotatable bonds is 1. The van der Waals surface area contributed by atoms with Crippen molar-refractivity contribution in [3.63, 3.8) is 0 Å². The van der Waals surface area contributed by atoms with Crippen molar-refractivity contribution in [2.75, 3.05) is 26.2 Å². The molecule has 4 nitrogen and oxygen atoms in total. The molecule has 1 aromatic heterocycles. The van der Waals surface area contributed by atoms with Crippen LogP contribution >= 0.6 is 36.2 Å². The van der Waals surface area contributed by atoms with Crippen molar-refractivity contribution in [3.8, 4) is 0 Å². The summed E-state index contributed by atoms with van der Waals surface area (Å²) < 4.78 is 0. The second-order valence-electron chi connectivity index (χ2n) is 4.26. The molecule has 0 unspecified atom stereocenters. The largest absolute Gasteiger partial charge is 0.337 e. The van der Waals surface area contributed by atoms with Crippen LogP contribution in [0.3, 0.4) is 0 Å². The highest BCUT2D eigenvalue weighted by molar-refractivity contribution is 7.07. The molecule has 2 fully saturated rings. The number of nitrogens with zero attached hydrogens (tertiary/aromatic N) is 2. The zero-order valence-corrected chi connectivity index (χ0v) is 11.6. The molecule has 2 aliphatic rings. The number of fused-ring (bicyclic) bond motifs is 1. The second-order valence-corrected chi connectivity index (χ2v) is 4.98. The molecule has 7 heteroatoms. The lowest BCUT2D eigenvalue weighted by molar-refractivity contribution is 0.0776. The predicted octanol–water partition coefficient (Wildman–Crippen LogP) is 1.28. The normalized spacial score (nSPS) is 26.0. The quantitative estimate of drug-likeness (QED) is 0.849. The zero-order chi connectivity index (χ0) is 10.3. The number of carbonyl (C=O) groups is 1. The van der Waals surface area contributed by atoms with E-state index in [1.165, 1.54) is 11.3 Å². The maximum absolute atomic E-state index is 12.0. The summed E-state index contributed by atoms with van der Waals surface area (Å²) in [6.45, 7) is 3.92. The van der Waals surface area contributed by atoms with Crippen LogP contribution in [0.5, 0.6) is 0 Å². The molecule has 2 atom stereocenters. The molecule has 1 N–H and O–H groups in total. The van der Waals surface area contributed by atoms with Crippen LogP contribution < -0.4 is 5.32 Å². The Kier molecular flexibility index (Phi) is 5.19. The van der Waals surface area contributed by atoms with Gasteiger partial charge in [-0.25, -0.2) is 4.98 Å². The lowest BCUT2D eigenvalue weighted by atomic mass is 10.0. The summed E-state index contributed by atoms with van der Waals surface area (Å²) in [5, 5.41) is 5.20. The number of thiazole rings is 1. The number of hydrogen-bond acceptors (Lipinski definition) is 4. The van der Waals surface area contributed by atoms with E-state index in [-0.39, 0.29) is 30.7 Å². The summed E-state index contributed by atoms with van der Waals surface area (Å²) in [6, 6.07) is 0. The summed E-state index contributed by atoms with van der Waals surface area (Å²) in [6.07, 6.45) is 0. The molecule has 3 rings (SSSR count). The number of carbonyl (C=O) groups excluding carboxylic acids is 1. The molecule has 2 aliphatic heterocycles. The summed E-state index contributed by atoms with van der Waals surface area (Å²) in [5.74, 6) is 1.42. The summed E-state index contributed by atoms with van der Waals surface area (Å²) in [7, 11) is 0. The van der Waals surface area contributed by atoms with Crippen molar-refractivity contribution in [2.24, 2.45) is 11.8 Å². The van der Waals surface area contributed by atoms with E-state index in [2.05, 4.69) is 10.3 Å². The third-order valence-electron chi connectivity index (χ3n) is 3.33. The number of amides is 1. The van der Waals surface area contributed by atoms with E-state index in [4.69, 9.17) is 0 Å². The Balaban J connectivity index is 0.000000722. The summed E-state index contributed by atoms with van der Waals surface area (Å²) >= 11 is 1.48. The third-order valence-corrected chi connectivity index (χ3v) is 3.91. The minimum absolute atomic E-state index is 0. The van der Waals surface area contributed by atoms with Crippen molar-refractivity contribution in [3.05, 3.63) is 16.6 Å². The molecular formula is C10H15Cl2N3OS. The Morgan fingerprint density at radius 2 is 2.00 bits per heavy atom. The van der Waals surface area contributed by atoms with Crippen LogP contribution in [0.15, 0.2) is 10.9 Å². The van der Waals surface area contributed by atoms with Gasteiger partial charge in [-0.05, 0) is 11.8 Å². The van der Waals surface area contributed by atoms with Crippen molar-refractivity contribution in [1.82, 2.24) is 15.2 Å². The van der Waals surface area contributed by atoms with Crippen LogP contribution in [0.4, 0.5) is 0 Å².